The van der Waals surface area contributed by atoms with Crippen molar-refractivity contribution in [3.63, 3.8) is 0 Å². The van der Waals surface area contributed by atoms with Gasteiger partial charge >= 0.3 is 0 Å². The molecule has 0 spiro atoms. The van der Waals surface area contributed by atoms with Crippen LogP contribution in [0.1, 0.15) is 41.5 Å². The molecule has 3 aromatic rings. The Hall–Kier alpha value is -2.33. The minimum atomic E-state index is 0.154. The molecule has 140 valence electrons. The lowest BCUT2D eigenvalue weighted by Crippen LogP contribution is -2.05. The molecule has 0 N–H and O–H groups in total. The number of hydrogen-bond acceptors (Lipinski definition) is 3. The van der Waals surface area contributed by atoms with E-state index in [4.69, 9.17) is 16.3 Å². The van der Waals surface area contributed by atoms with E-state index >= 15 is 0 Å². The van der Waals surface area contributed by atoms with E-state index in [1.165, 1.54) is 0 Å². The monoisotopic (exact) mass is 373 g/mol. The van der Waals surface area contributed by atoms with Gasteiger partial charge in [0.2, 0.25) is 0 Å². The number of aromatic nitrogens is 3. The first-order valence-electron chi connectivity index (χ1n) is 9.06. The molecule has 0 bridgehead atoms. The number of benzene rings is 1. The van der Waals surface area contributed by atoms with Crippen molar-refractivity contribution >= 4 is 11.6 Å². The molecule has 26 heavy (non-hydrogen) atoms. The van der Waals surface area contributed by atoms with Gasteiger partial charge < -0.3 is 4.74 Å². The zero-order chi connectivity index (χ0) is 19.5. The Balaban J connectivity index is 0.000000791. The molecule has 0 saturated carbocycles. The van der Waals surface area contributed by atoms with E-state index in [2.05, 4.69) is 10.1 Å². The van der Waals surface area contributed by atoms with Gasteiger partial charge in [0, 0.05) is 24.0 Å². The van der Waals surface area contributed by atoms with Crippen LogP contribution in [0, 0.1) is 0 Å². The topological polar surface area (TPSA) is 39.9 Å². The standard InChI is InChI=1S/C17H16ClN3O.2C2H6/c1-12(2)22-15-6-4-13(5-7-15)16-10-14(11-17(18)20-16)21-9-3-8-19-21;2*1-2/h3-12H,1-2H3;2*1-2H3. The number of rotatable bonds is 4. The highest BCUT2D eigenvalue weighted by atomic mass is 35.5. The van der Waals surface area contributed by atoms with Gasteiger partial charge in [0.15, 0.2) is 0 Å². The molecule has 0 aliphatic carbocycles. The lowest BCUT2D eigenvalue weighted by atomic mass is 10.1. The minimum absolute atomic E-state index is 0.154. The van der Waals surface area contributed by atoms with E-state index in [-0.39, 0.29) is 6.10 Å². The van der Waals surface area contributed by atoms with Gasteiger partial charge in [-0.2, -0.15) is 5.10 Å². The van der Waals surface area contributed by atoms with Crippen LogP contribution in [0.3, 0.4) is 0 Å². The Morgan fingerprint density at radius 1 is 1.00 bits per heavy atom. The molecule has 2 aromatic heterocycles. The molecule has 0 amide bonds. The van der Waals surface area contributed by atoms with E-state index in [0.29, 0.717) is 5.15 Å². The largest absolute Gasteiger partial charge is 0.491 e. The molecule has 5 heteroatoms. The zero-order valence-electron chi connectivity index (χ0n) is 16.4. The normalized spacial score (nSPS) is 9.69. The molecule has 0 aliphatic heterocycles. The van der Waals surface area contributed by atoms with Gasteiger partial charge in [-0.05, 0) is 50.2 Å². The van der Waals surface area contributed by atoms with Crippen LogP contribution in [0.15, 0.2) is 54.9 Å². The predicted octanol–water partition coefficient (Wildman–Crippen LogP) is 6.43. The van der Waals surface area contributed by atoms with Crippen molar-refractivity contribution in [3.8, 4) is 22.7 Å². The van der Waals surface area contributed by atoms with Crippen molar-refractivity contribution < 1.29 is 4.74 Å². The van der Waals surface area contributed by atoms with Crippen LogP contribution in [0.2, 0.25) is 5.15 Å². The molecule has 2 heterocycles. The lowest BCUT2D eigenvalue weighted by Gasteiger charge is -2.10. The summed E-state index contributed by atoms with van der Waals surface area (Å²) in [7, 11) is 0. The first-order valence-corrected chi connectivity index (χ1v) is 9.44. The summed E-state index contributed by atoms with van der Waals surface area (Å²) in [4.78, 5) is 4.39. The van der Waals surface area contributed by atoms with E-state index in [1.54, 1.807) is 16.9 Å². The second-order valence-corrected chi connectivity index (χ2v) is 5.56. The molecule has 0 saturated heterocycles. The van der Waals surface area contributed by atoms with Gasteiger partial charge in [-0.15, -0.1) is 0 Å². The van der Waals surface area contributed by atoms with Crippen molar-refractivity contribution in [1.29, 1.82) is 0 Å². The molecular formula is C21H28ClN3O. The highest BCUT2D eigenvalue weighted by Crippen LogP contribution is 2.25. The second-order valence-electron chi connectivity index (χ2n) is 5.17. The molecule has 3 rings (SSSR count). The van der Waals surface area contributed by atoms with Crippen molar-refractivity contribution in [1.82, 2.24) is 14.8 Å². The van der Waals surface area contributed by atoms with Gasteiger partial charge in [-0.1, -0.05) is 39.3 Å². The smallest absolute Gasteiger partial charge is 0.131 e. The molecule has 4 nitrogen and oxygen atoms in total. The third-order valence-corrected chi connectivity index (χ3v) is 3.26. The van der Waals surface area contributed by atoms with Crippen molar-refractivity contribution in [2.24, 2.45) is 0 Å². The Kier molecular flexibility index (Phi) is 9.45. The first-order chi connectivity index (χ1) is 12.6. The Labute approximate surface area is 161 Å². The Bertz CT molecular complexity index is 753. The molecule has 1 aromatic carbocycles. The van der Waals surface area contributed by atoms with Crippen molar-refractivity contribution in [3.05, 3.63) is 60.0 Å². The summed E-state index contributed by atoms with van der Waals surface area (Å²) in [5, 5.41) is 4.66. The van der Waals surface area contributed by atoms with Crippen LogP contribution in [0.25, 0.3) is 16.9 Å². The quantitative estimate of drug-likeness (QED) is 0.495. The van der Waals surface area contributed by atoms with Gasteiger partial charge in [0.25, 0.3) is 0 Å². The van der Waals surface area contributed by atoms with E-state index < -0.39 is 0 Å². The highest BCUT2D eigenvalue weighted by molar-refractivity contribution is 6.29. The summed E-state index contributed by atoms with van der Waals surface area (Å²) in [6.07, 6.45) is 3.75. The van der Waals surface area contributed by atoms with E-state index in [1.807, 2.05) is 84.1 Å². The first kappa shape index (κ1) is 21.7. The van der Waals surface area contributed by atoms with E-state index in [0.717, 1.165) is 22.7 Å². The van der Waals surface area contributed by atoms with Crippen LogP contribution in [-0.4, -0.2) is 20.9 Å². The maximum atomic E-state index is 6.14. The van der Waals surface area contributed by atoms with Gasteiger partial charge in [0.1, 0.15) is 10.9 Å². The minimum Gasteiger partial charge on any atom is -0.491 e. The predicted molar refractivity (Wildman–Crippen MR) is 110 cm³/mol. The molecule has 0 aliphatic rings. The summed E-state index contributed by atoms with van der Waals surface area (Å²) >= 11 is 6.14. The number of nitrogens with zero attached hydrogens (tertiary/aromatic N) is 3. The van der Waals surface area contributed by atoms with Crippen molar-refractivity contribution in [2.75, 3.05) is 0 Å². The molecule has 0 atom stereocenters. The van der Waals surface area contributed by atoms with E-state index in [9.17, 15) is 0 Å². The fourth-order valence-electron chi connectivity index (χ4n) is 2.16. The van der Waals surface area contributed by atoms with Crippen LogP contribution in [-0.2, 0) is 0 Å². The molecule has 0 fully saturated rings. The average molecular weight is 374 g/mol. The lowest BCUT2D eigenvalue weighted by molar-refractivity contribution is 0.242. The highest BCUT2D eigenvalue weighted by Gasteiger charge is 2.07. The number of hydrogen-bond donors (Lipinski definition) is 0. The van der Waals surface area contributed by atoms with Crippen LogP contribution in [0.5, 0.6) is 5.75 Å². The van der Waals surface area contributed by atoms with Crippen LogP contribution in [0.4, 0.5) is 0 Å². The summed E-state index contributed by atoms with van der Waals surface area (Å²) < 4.78 is 7.41. The zero-order valence-corrected chi connectivity index (χ0v) is 17.2. The van der Waals surface area contributed by atoms with Crippen molar-refractivity contribution in [2.45, 2.75) is 47.6 Å². The Morgan fingerprint density at radius 3 is 2.19 bits per heavy atom. The molecule has 0 unspecified atom stereocenters. The average Bonchev–Trinajstić information content (AvgIpc) is 3.19. The van der Waals surface area contributed by atoms with Crippen LogP contribution >= 0.6 is 11.6 Å². The summed E-state index contributed by atoms with van der Waals surface area (Å²) in [6, 6.07) is 13.4. The summed E-state index contributed by atoms with van der Waals surface area (Å²) in [5.41, 5.74) is 2.66. The second kappa shape index (κ2) is 11.3. The van der Waals surface area contributed by atoms with Gasteiger partial charge in [-0.3, -0.25) is 0 Å². The fraction of sp³-hybridized carbons (Fsp3) is 0.333. The molecule has 0 radical (unpaired) electrons. The van der Waals surface area contributed by atoms with Gasteiger partial charge in [-0.25, -0.2) is 9.67 Å². The maximum Gasteiger partial charge on any atom is 0.131 e. The molecular weight excluding hydrogens is 346 g/mol. The van der Waals surface area contributed by atoms with Gasteiger partial charge in [0.05, 0.1) is 17.5 Å². The number of pyridine rings is 1. The number of ether oxygens (including phenoxy) is 1. The third-order valence-electron chi connectivity index (χ3n) is 3.07. The SMILES string of the molecule is CC.CC.CC(C)Oc1ccc(-c2cc(-n3cccn3)cc(Cl)n2)cc1. The third kappa shape index (κ3) is 6.19. The van der Waals surface area contributed by atoms with Crippen LogP contribution < -0.4 is 4.74 Å². The summed E-state index contributed by atoms with van der Waals surface area (Å²) in [6.45, 7) is 12.0. The number of halogens is 1. The Morgan fingerprint density at radius 2 is 1.65 bits per heavy atom. The summed E-state index contributed by atoms with van der Waals surface area (Å²) in [5.74, 6) is 0.841. The maximum absolute atomic E-state index is 6.14. The fourth-order valence-corrected chi connectivity index (χ4v) is 2.36.